The number of carboxylic acid groups (broad SMARTS) is 1. The molecule has 1 heterocycles. The molecule has 1 N–H and O–H groups in total. The number of aryl methyl sites for hydroxylation is 1. The highest BCUT2D eigenvalue weighted by atomic mass is 19.4. The Labute approximate surface area is 125 Å². The summed E-state index contributed by atoms with van der Waals surface area (Å²) in [6.07, 6.45) is -3.50. The number of benzene rings is 1. The third-order valence-corrected chi connectivity index (χ3v) is 3.33. The van der Waals surface area contributed by atoms with Gasteiger partial charge in [0.1, 0.15) is 5.56 Å². The molecule has 0 aliphatic carbocycles. The van der Waals surface area contributed by atoms with Gasteiger partial charge in [-0.3, -0.25) is 0 Å². The Morgan fingerprint density at radius 3 is 2.50 bits per heavy atom. The third-order valence-electron chi connectivity index (χ3n) is 3.33. The molecule has 2 aromatic rings. The second kappa shape index (κ2) is 5.82. The predicted molar refractivity (Wildman–Crippen MR) is 74.3 cm³/mol. The first-order chi connectivity index (χ1) is 10.3. The molecular formula is C15H15F3N2O2. The van der Waals surface area contributed by atoms with Crippen molar-refractivity contribution in [1.29, 1.82) is 0 Å². The van der Waals surface area contributed by atoms with Crippen LogP contribution in [-0.4, -0.2) is 20.9 Å². The van der Waals surface area contributed by atoms with Crippen molar-refractivity contribution in [2.24, 2.45) is 0 Å². The number of carbonyl (C=O) groups is 1. The van der Waals surface area contributed by atoms with Crippen LogP contribution in [0.5, 0.6) is 0 Å². The Morgan fingerprint density at radius 1 is 1.32 bits per heavy atom. The van der Waals surface area contributed by atoms with Gasteiger partial charge in [0.25, 0.3) is 0 Å². The number of nitrogens with zero attached hydrogens (tertiary/aromatic N) is 2. The Hall–Kier alpha value is -2.31. The minimum absolute atomic E-state index is 0.0289. The summed E-state index contributed by atoms with van der Waals surface area (Å²) in [5.41, 5.74) is -0.561. The summed E-state index contributed by atoms with van der Waals surface area (Å²) in [5.74, 6) is -1.18. The van der Waals surface area contributed by atoms with Crippen LogP contribution in [0.15, 0.2) is 24.3 Å². The van der Waals surface area contributed by atoms with E-state index >= 15 is 0 Å². The van der Waals surface area contributed by atoms with Crippen LogP contribution in [0.1, 0.15) is 40.7 Å². The van der Waals surface area contributed by atoms with Gasteiger partial charge >= 0.3 is 12.1 Å². The topological polar surface area (TPSA) is 55.1 Å². The van der Waals surface area contributed by atoms with Crippen molar-refractivity contribution in [1.82, 2.24) is 9.78 Å². The lowest BCUT2D eigenvalue weighted by Crippen LogP contribution is -2.12. The molecule has 0 saturated heterocycles. The summed E-state index contributed by atoms with van der Waals surface area (Å²) in [7, 11) is 0. The first-order valence-corrected chi connectivity index (χ1v) is 6.75. The normalized spacial score (nSPS) is 11.7. The standard InChI is InChI=1S/C15H15F3N2O2/c1-3-6-11-13(14(21)22)9(2)20(19-11)12-8-5-4-7-10(12)15(16,17)18/h4-5,7-8H,3,6H2,1-2H3,(H,21,22). The Kier molecular flexibility index (Phi) is 4.25. The molecule has 1 aromatic heterocycles. The van der Waals surface area contributed by atoms with Gasteiger partial charge < -0.3 is 5.11 Å². The van der Waals surface area contributed by atoms with E-state index in [1.807, 2.05) is 6.92 Å². The summed E-state index contributed by atoms with van der Waals surface area (Å²) in [5, 5.41) is 13.4. The summed E-state index contributed by atoms with van der Waals surface area (Å²) in [6, 6.07) is 4.99. The molecule has 0 aliphatic rings. The number of halogens is 3. The van der Waals surface area contributed by atoms with E-state index in [2.05, 4.69) is 5.10 Å². The van der Waals surface area contributed by atoms with Crippen molar-refractivity contribution in [3.05, 3.63) is 46.8 Å². The van der Waals surface area contributed by atoms with Gasteiger partial charge in [-0.05, 0) is 25.5 Å². The van der Waals surface area contributed by atoms with Gasteiger partial charge in [0.15, 0.2) is 0 Å². The molecule has 1 aromatic carbocycles. The molecular weight excluding hydrogens is 297 g/mol. The van der Waals surface area contributed by atoms with Crippen LogP contribution >= 0.6 is 0 Å². The van der Waals surface area contributed by atoms with E-state index in [9.17, 15) is 23.1 Å². The van der Waals surface area contributed by atoms with Gasteiger partial charge in [-0.25, -0.2) is 9.48 Å². The molecule has 0 bridgehead atoms. The summed E-state index contributed by atoms with van der Waals surface area (Å²) in [6.45, 7) is 3.31. The number of para-hydroxylation sites is 1. The average Bonchev–Trinajstić information content (AvgIpc) is 2.75. The van der Waals surface area contributed by atoms with Crippen molar-refractivity contribution in [2.45, 2.75) is 32.9 Å². The maximum atomic E-state index is 13.1. The van der Waals surface area contributed by atoms with Gasteiger partial charge in [-0.2, -0.15) is 18.3 Å². The summed E-state index contributed by atoms with van der Waals surface area (Å²) < 4.78 is 40.4. The molecule has 7 heteroatoms. The molecule has 22 heavy (non-hydrogen) atoms. The van der Waals surface area contributed by atoms with Gasteiger partial charge in [0.2, 0.25) is 0 Å². The number of hydrogen-bond donors (Lipinski definition) is 1. The average molecular weight is 312 g/mol. The lowest BCUT2D eigenvalue weighted by molar-refractivity contribution is -0.137. The number of carboxylic acids is 1. The van der Waals surface area contributed by atoms with Crippen molar-refractivity contribution in [3.63, 3.8) is 0 Å². The van der Waals surface area contributed by atoms with Crippen molar-refractivity contribution in [2.75, 3.05) is 0 Å². The number of rotatable bonds is 4. The summed E-state index contributed by atoms with van der Waals surface area (Å²) >= 11 is 0. The van der Waals surface area contributed by atoms with Crippen LogP contribution in [0.3, 0.4) is 0 Å². The zero-order chi connectivity index (χ0) is 16.5. The van der Waals surface area contributed by atoms with Crippen LogP contribution < -0.4 is 0 Å². The van der Waals surface area contributed by atoms with E-state index in [4.69, 9.17) is 0 Å². The molecule has 2 rings (SSSR count). The Balaban J connectivity index is 2.69. The zero-order valence-corrected chi connectivity index (χ0v) is 12.1. The van der Waals surface area contributed by atoms with Crippen LogP contribution in [0, 0.1) is 6.92 Å². The Bertz CT molecular complexity index is 705. The lowest BCUT2D eigenvalue weighted by atomic mass is 10.1. The molecule has 4 nitrogen and oxygen atoms in total. The van der Waals surface area contributed by atoms with Crippen molar-refractivity contribution >= 4 is 5.97 Å². The van der Waals surface area contributed by atoms with E-state index in [0.717, 1.165) is 10.7 Å². The minimum atomic E-state index is -4.54. The summed E-state index contributed by atoms with van der Waals surface area (Å²) in [4.78, 5) is 11.4. The van der Waals surface area contributed by atoms with E-state index in [-0.39, 0.29) is 16.9 Å². The molecule has 118 valence electrons. The predicted octanol–water partition coefficient (Wildman–Crippen LogP) is 3.85. The molecule has 0 radical (unpaired) electrons. The largest absolute Gasteiger partial charge is 0.478 e. The van der Waals surface area contributed by atoms with Crippen molar-refractivity contribution < 1.29 is 23.1 Å². The van der Waals surface area contributed by atoms with Gasteiger partial charge in [-0.1, -0.05) is 25.5 Å². The van der Waals surface area contributed by atoms with Crippen molar-refractivity contribution in [3.8, 4) is 5.69 Å². The fraction of sp³-hybridized carbons (Fsp3) is 0.333. The van der Waals surface area contributed by atoms with Gasteiger partial charge in [0.05, 0.1) is 22.6 Å². The fourth-order valence-electron chi connectivity index (χ4n) is 2.38. The molecule has 0 atom stereocenters. The van der Waals surface area contributed by atoms with E-state index < -0.39 is 17.7 Å². The van der Waals surface area contributed by atoms with E-state index in [1.54, 1.807) is 0 Å². The van der Waals surface area contributed by atoms with Gasteiger partial charge in [0, 0.05) is 0 Å². The smallest absolute Gasteiger partial charge is 0.418 e. The minimum Gasteiger partial charge on any atom is -0.478 e. The third kappa shape index (κ3) is 2.84. The highest BCUT2D eigenvalue weighted by molar-refractivity contribution is 5.90. The zero-order valence-electron chi connectivity index (χ0n) is 12.1. The molecule has 0 amide bonds. The molecule has 0 saturated carbocycles. The SMILES string of the molecule is CCCc1nn(-c2ccccc2C(F)(F)F)c(C)c1C(=O)O. The molecule has 0 unspecified atom stereocenters. The Morgan fingerprint density at radius 2 is 1.95 bits per heavy atom. The lowest BCUT2D eigenvalue weighted by Gasteiger charge is -2.13. The molecule has 0 spiro atoms. The van der Waals surface area contributed by atoms with Crippen LogP contribution in [0.25, 0.3) is 5.69 Å². The number of hydrogen-bond acceptors (Lipinski definition) is 2. The number of aromatic carboxylic acids is 1. The monoisotopic (exact) mass is 312 g/mol. The first-order valence-electron chi connectivity index (χ1n) is 6.75. The van der Waals surface area contributed by atoms with E-state index in [1.165, 1.54) is 25.1 Å². The second-order valence-corrected chi connectivity index (χ2v) is 4.89. The number of alkyl halides is 3. The maximum Gasteiger partial charge on any atom is 0.418 e. The maximum absolute atomic E-state index is 13.1. The van der Waals surface area contributed by atoms with Crippen LogP contribution in [0.2, 0.25) is 0 Å². The molecule has 0 aliphatic heterocycles. The van der Waals surface area contributed by atoms with Crippen LogP contribution in [-0.2, 0) is 12.6 Å². The number of aromatic nitrogens is 2. The van der Waals surface area contributed by atoms with Gasteiger partial charge in [-0.15, -0.1) is 0 Å². The highest BCUT2D eigenvalue weighted by Gasteiger charge is 2.35. The first kappa shape index (κ1) is 16.1. The fourth-order valence-corrected chi connectivity index (χ4v) is 2.38. The second-order valence-electron chi connectivity index (χ2n) is 4.89. The van der Waals surface area contributed by atoms with E-state index in [0.29, 0.717) is 18.5 Å². The van der Waals surface area contributed by atoms with Crippen LogP contribution in [0.4, 0.5) is 13.2 Å². The molecule has 0 fully saturated rings. The highest BCUT2D eigenvalue weighted by Crippen LogP contribution is 2.34. The quantitative estimate of drug-likeness (QED) is 0.933.